The predicted octanol–water partition coefficient (Wildman–Crippen LogP) is 3.79. The third kappa shape index (κ3) is 3.95. The summed E-state index contributed by atoms with van der Waals surface area (Å²) >= 11 is 0. The fourth-order valence-electron chi connectivity index (χ4n) is 4.65. The first-order valence-electron chi connectivity index (χ1n) is 11.1. The van der Waals surface area contributed by atoms with Crippen LogP contribution >= 0.6 is 0 Å². The van der Waals surface area contributed by atoms with Crippen LogP contribution in [0.15, 0.2) is 53.8 Å². The number of nitrogens with one attached hydrogen (secondary N) is 1. The molecule has 1 amide bonds. The van der Waals surface area contributed by atoms with Crippen molar-refractivity contribution in [2.45, 2.75) is 43.0 Å². The Kier molecular flexibility index (Phi) is 5.53. The quantitative estimate of drug-likeness (QED) is 0.586. The van der Waals surface area contributed by atoms with Crippen molar-refractivity contribution in [2.75, 3.05) is 18.4 Å². The molecule has 1 unspecified atom stereocenters. The van der Waals surface area contributed by atoms with Crippen molar-refractivity contribution in [3.63, 3.8) is 0 Å². The van der Waals surface area contributed by atoms with E-state index in [9.17, 15) is 18.3 Å². The Morgan fingerprint density at radius 2 is 1.97 bits per heavy atom. The largest absolute Gasteiger partial charge is 0.465 e. The zero-order valence-corrected chi connectivity index (χ0v) is 18.8. The number of anilines is 1. The van der Waals surface area contributed by atoms with Gasteiger partial charge in [-0.1, -0.05) is 24.3 Å². The van der Waals surface area contributed by atoms with E-state index in [0.29, 0.717) is 29.9 Å². The topological polar surface area (TPSA) is 117 Å². The minimum absolute atomic E-state index is 0.118. The third-order valence-corrected chi connectivity index (χ3v) is 7.94. The summed E-state index contributed by atoms with van der Waals surface area (Å²) < 4.78 is 28.2. The lowest BCUT2D eigenvalue weighted by Gasteiger charge is -2.31. The maximum absolute atomic E-state index is 13.5. The fraction of sp³-hybridized carbons (Fsp3) is 0.348. The predicted molar refractivity (Wildman–Crippen MR) is 125 cm³/mol. The molecule has 0 spiro atoms. The van der Waals surface area contributed by atoms with Gasteiger partial charge in [0.1, 0.15) is 12.1 Å². The molecule has 1 atom stereocenters. The van der Waals surface area contributed by atoms with E-state index in [2.05, 4.69) is 21.4 Å². The van der Waals surface area contributed by atoms with Gasteiger partial charge in [-0.05, 0) is 49.8 Å². The molecule has 1 aliphatic heterocycles. The Balaban J connectivity index is 1.62. The molecule has 2 N–H and O–H groups in total. The summed E-state index contributed by atoms with van der Waals surface area (Å²) in [4.78, 5) is 21.8. The molecule has 172 valence electrons. The van der Waals surface area contributed by atoms with Gasteiger partial charge in [0.05, 0.1) is 10.3 Å². The minimum atomic E-state index is -3.86. The number of nitrogens with zero attached hydrogens (tertiary/aromatic N) is 4. The standard InChI is InChI=1S/C23H25N5O4S/c29-23(30)27-12-6-9-17(13-27)26-21-20-19(16-7-4-5-8-16)14-28(22(20)25-15-24-21)33(31,32)18-10-2-1-3-11-18/h1-3,7,10-11,14-15,17H,4-6,8-9,12-13H2,(H,29,30)(H,24,25,26). The van der Waals surface area contributed by atoms with E-state index >= 15 is 0 Å². The average molecular weight is 468 g/mol. The van der Waals surface area contributed by atoms with Gasteiger partial charge >= 0.3 is 6.09 Å². The molecular formula is C23H25N5O4S. The maximum Gasteiger partial charge on any atom is 0.407 e. The van der Waals surface area contributed by atoms with Crippen molar-refractivity contribution in [1.29, 1.82) is 0 Å². The molecule has 0 radical (unpaired) electrons. The molecule has 1 aromatic carbocycles. The summed E-state index contributed by atoms with van der Waals surface area (Å²) in [6.07, 6.45) is 8.56. The molecule has 0 saturated carbocycles. The molecule has 9 nitrogen and oxygen atoms in total. The molecule has 1 fully saturated rings. The highest BCUT2D eigenvalue weighted by atomic mass is 32.2. The summed E-state index contributed by atoms with van der Waals surface area (Å²) in [7, 11) is -3.86. The van der Waals surface area contributed by atoms with Crippen LogP contribution in [-0.2, 0) is 10.0 Å². The summed E-state index contributed by atoms with van der Waals surface area (Å²) in [5, 5.41) is 13.4. The molecule has 3 aromatic rings. The van der Waals surface area contributed by atoms with Gasteiger partial charge in [0.2, 0.25) is 0 Å². The van der Waals surface area contributed by atoms with E-state index in [1.807, 2.05) is 0 Å². The normalized spacial score (nSPS) is 19.0. The maximum atomic E-state index is 13.5. The van der Waals surface area contributed by atoms with E-state index < -0.39 is 16.1 Å². The van der Waals surface area contributed by atoms with Crippen molar-refractivity contribution >= 4 is 38.5 Å². The number of hydrogen-bond acceptors (Lipinski definition) is 6. The summed E-state index contributed by atoms with van der Waals surface area (Å²) in [6, 6.07) is 8.18. The number of likely N-dealkylation sites (tertiary alicyclic amines) is 1. The minimum Gasteiger partial charge on any atom is -0.465 e. The Hall–Kier alpha value is -3.40. The average Bonchev–Trinajstić information content (AvgIpc) is 3.49. The van der Waals surface area contributed by atoms with E-state index in [-0.39, 0.29) is 10.9 Å². The Morgan fingerprint density at radius 1 is 1.15 bits per heavy atom. The number of rotatable bonds is 5. The number of hydrogen-bond donors (Lipinski definition) is 2. The highest BCUT2D eigenvalue weighted by molar-refractivity contribution is 7.90. The van der Waals surface area contributed by atoms with Crippen LogP contribution < -0.4 is 5.32 Å². The lowest BCUT2D eigenvalue weighted by molar-refractivity contribution is 0.133. The van der Waals surface area contributed by atoms with Crippen molar-refractivity contribution in [1.82, 2.24) is 18.8 Å². The first-order chi connectivity index (χ1) is 15.9. The summed E-state index contributed by atoms with van der Waals surface area (Å²) in [5.41, 5.74) is 2.19. The van der Waals surface area contributed by atoms with Crippen LogP contribution in [-0.4, -0.2) is 57.6 Å². The van der Waals surface area contributed by atoms with Gasteiger partial charge in [-0.25, -0.2) is 27.2 Å². The fourth-order valence-corrected chi connectivity index (χ4v) is 5.99. The number of aromatic nitrogens is 3. The van der Waals surface area contributed by atoms with Gasteiger partial charge in [-0.3, -0.25) is 0 Å². The van der Waals surface area contributed by atoms with Crippen LogP contribution in [0.4, 0.5) is 10.6 Å². The molecule has 3 heterocycles. The number of piperidine rings is 1. The monoisotopic (exact) mass is 467 g/mol. The van der Waals surface area contributed by atoms with Crippen molar-refractivity contribution in [3.05, 3.63) is 54.5 Å². The number of carbonyl (C=O) groups is 1. The van der Waals surface area contributed by atoms with Crippen LogP contribution in [0.1, 0.15) is 37.7 Å². The molecule has 10 heteroatoms. The Morgan fingerprint density at radius 3 is 2.70 bits per heavy atom. The van der Waals surface area contributed by atoms with Gasteiger partial charge < -0.3 is 15.3 Å². The Bertz CT molecular complexity index is 1330. The summed E-state index contributed by atoms with van der Waals surface area (Å²) in [6.45, 7) is 0.860. The van der Waals surface area contributed by atoms with Crippen molar-refractivity contribution < 1.29 is 18.3 Å². The lowest BCUT2D eigenvalue weighted by Crippen LogP contribution is -2.44. The van der Waals surface area contributed by atoms with Gasteiger partial charge in [0, 0.05) is 30.9 Å². The van der Waals surface area contributed by atoms with Gasteiger partial charge in [0.15, 0.2) is 5.65 Å². The number of allylic oxidation sites excluding steroid dienone is 2. The van der Waals surface area contributed by atoms with Crippen LogP contribution in [0.3, 0.4) is 0 Å². The zero-order chi connectivity index (χ0) is 23.0. The molecule has 1 saturated heterocycles. The van der Waals surface area contributed by atoms with E-state index in [4.69, 9.17) is 0 Å². The first kappa shape index (κ1) is 21.4. The summed E-state index contributed by atoms with van der Waals surface area (Å²) in [5.74, 6) is 0.530. The van der Waals surface area contributed by atoms with E-state index in [0.717, 1.165) is 43.2 Å². The first-order valence-corrected chi connectivity index (χ1v) is 12.5. The number of amides is 1. The number of carboxylic acid groups (broad SMARTS) is 1. The van der Waals surface area contributed by atoms with Crippen LogP contribution in [0.5, 0.6) is 0 Å². The van der Waals surface area contributed by atoms with Crippen LogP contribution in [0.25, 0.3) is 16.6 Å². The van der Waals surface area contributed by atoms with Crippen LogP contribution in [0.2, 0.25) is 0 Å². The molecule has 5 rings (SSSR count). The van der Waals surface area contributed by atoms with Crippen molar-refractivity contribution in [2.24, 2.45) is 0 Å². The third-order valence-electron chi connectivity index (χ3n) is 6.27. The molecule has 0 bridgehead atoms. The smallest absolute Gasteiger partial charge is 0.407 e. The van der Waals surface area contributed by atoms with Crippen LogP contribution in [0, 0.1) is 0 Å². The number of benzene rings is 1. The highest BCUT2D eigenvalue weighted by Gasteiger charge is 2.28. The van der Waals surface area contributed by atoms with E-state index in [1.165, 1.54) is 15.2 Å². The molecule has 1 aliphatic carbocycles. The molecular weight excluding hydrogens is 442 g/mol. The Labute approximate surface area is 191 Å². The second-order valence-corrected chi connectivity index (χ2v) is 10.2. The van der Waals surface area contributed by atoms with Gasteiger partial charge in [-0.2, -0.15) is 0 Å². The molecule has 2 aliphatic rings. The van der Waals surface area contributed by atoms with E-state index in [1.54, 1.807) is 36.5 Å². The van der Waals surface area contributed by atoms with Gasteiger partial charge in [0.25, 0.3) is 10.0 Å². The second-order valence-electron chi connectivity index (χ2n) is 8.41. The number of fused-ring (bicyclic) bond motifs is 1. The second kappa shape index (κ2) is 8.51. The molecule has 2 aromatic heterocycles. The molecule has 33 heavy (non-hydrogen) atoms. The van der Waals surface area contributed by atoms with Gasteiger partial charge in [-0.15, -0.1) is 0 Å². The zero-order valence-electron chi connectivity index (χ0n) is 18.0. The van der Waals surface area contributed by atoms with Crippen molar-refractivity contribution in [3.8, 4) is 0 Å². The SMILES string of the molecule is O=C(O)N1CCCC(Nc2ncnc3c2c(C2=CCCC2)cn3S(=O)(=O)c2ccccc2)C1. The highest BCUT2D eigenvalue weighted by Crippen LogP contribution is 2.37. The lowest BCUT2D eigenvalue weighted by atomic mass is 10.0.